The third-order valence-electron chi connectivity index (χ3n) is 4.63. The molecule has 0 aliphatic heterocycles. The van der Waals surface area contributed by atoms with E-state index in [2.05, 4.69) is 6.92 Å². The first-order chi connectivity index (χ1) is 9.21. The Bertz CT molecular complexity index is 411. The van der Waals surface area contributed by atoms with Crippen molar-refractivity contribution in [2.45, 2.75) is 65.0 Å². The lowest BCUT2D eigenvalue weighted by molar-refractivity contribution is 0.105. The van der Waals surface area contributed by atoms with Crippen LogP contribution >= 0.6 is 0 Å². The fraction of sp³-hybridized carbons (Fsp3) is 1.00. The fourth-order valence-electron chi connectivity index (χ4n) is 3.31. The summed E-state index contributed by atoms with van der Waals surface area (Å²) in [5.74, 6) is 0.529. The highest BCUT2D eigenvalue weighted by atomic mass is 32.2. The Balaban J connectivity index is 3.15. The van der Waals surface area contributed by atoms with Gasteiger partial charge in [0.05, 0.1) is 0 Å². The normalized spacial score (nSPS) is 28.6. The molecule has 1 saturated carbocycles. The Morgan fingerprint density at radius 2 is 2.00 bits per heavy atom. The van der Waals surface area contributed by atoms with Gasteiger partial charge in [0, 0.05) is 31.7 Å². The molecule has 6 heteroatoms. The molecule has 0 aromatic carbocycles. The summed E-state index contributed by atoms with van der Waals surface area (Å²) >= 11 is 0. The summed E-state index contributed by atoms with van der Waals surface area (Å²) in [6, 6.07) is -0.0510. The molecule has 0 amide bonds. The SMILES string of the molecule is CCN(C1(CN)CCCC(C)C1)S(=O)(=O)N(C)C(C)C. The first kappa shape index (κ1) is 17.9. The van der Waals surface area contributed by atoms with Crippen LogP contribution in [0.1, 0.15) is 53.4 Å². The van der Waals surface area contributed by atoms with Gasteiger partial charge in [0.15, 0.2) is 0 Å². The van der Waals surface area contributed by atoms with Crippen molar-refractivity contribution in [1.29, 1.82) is 0 Å². The zero-order valence-corrected chi connectivity index (χ0v) is 14.4. The van der Waals surface area contributed by atoms with Crippen LogP contribution in [0, 0.1) is 5.92 Å². The third kappa shape index (κ3) is 3.35. The summed E-state index contributed by atoms with van der Waals surface area (Å²) in [6.45, 7) is 8.76. The van der Waals surface area contributed by atoms with E-state index < -0.39 is 15.7 Å². The van der Waals surface area contributed by atoms with Gasteiger partial charge in [-0.3, -0.25) is 0 Å². The van der Waals surface area contributed by atoms with Crippen molar-refractivity contribution in [2.24, 2.45) is 11.7 Å². The van der Waals surface area contributed by atoms with Crippen molar-refractivity contribution in [3.8, 4) is 0 Å². The molecule has 1 aliphatic rings. The minimum Gasteiger partial charge on any atom is -0.329 e. The van der Waals surface area contributed by atoms with Gasteiger partial charge in [-0.15, -0.1) is 0 Å². The van der Waals surface area contributed by atoms with Crippen molar-refractivity contribution in [1.82, 2.24) is 8.61 Å². The van der Waals surface area contributed by atoms with Crippen molar-refractivity contribution < 1.29 is 8.42 Å². The van der Waals surface area contributed by atoms with Crippen LogP contribution in [-0.2, 0) is 10.2 Å². The predicted octanol–water partition coefficient (Wildman–Crippen LogP) is 1.80. The minimum absolute atomic E-state index is 0.0510. The molecule has 20 heavy (non-hydrogen) atoms. The lowest BCUT2D eigenvalue weighted by Crippen LogP contribution is -2.61. The second-order valence-electron chi connectivity index (χ2n) is 6.41. The van der Waals surface area contributed by atoms with Crippen LogP contribution in [0.4, 0.5) is 0 Å². The molecule has 0 saturated heterocycles. The summed E-state index contributed by atoms with van der Waals surface area (Å²) in [7, 11) is -1.81. The molecule has 2 unspecified atom stereocenters. The smallest absolute Gasteiger partial charge is 0.282 e. The Kier molecular flexibility index (Phi) is 6.01. The number of hydrogen-bond donors (Lipinski definition) is 1. The van der Waals surface area contributed by atoms with Crippen molar-refractivity contribution >= 4 is 10.2 Å². The monoisotopic (exact) mass is 305 g/mol. The quantitative estimate of drug-likeness (QED) is 0.813. The molecular weight excluding hydrogens is 274 g/mol. The van der Waals surface area contributed by atoms with E-state index >= 15 is 0 Å². The summed E-state index contributed by atoms with van der Waals surface area (Å²) in [5.41, 5.74) is 5.62. The van der Waals surface area contributed by atoms with Gasteiger partial charge in [-0.2, -0.15) is 17.0 Å². The van der Waals surface area contributed by atoms with E-state index in [-0.39, 0.29) is 6.04 Å². The molecule has 2 N–H and O–H groups in total. The van der Waals surface area contributed by atoms with Gasteiger partial charge in [0.25, 0.3) is 10.2 Å². The van der Waals surface area contributed by atoms with Gasteiger partial charge < -0.3 is 5.73 Å². The lowest BCUT2D eigenvalue weighted by Gasteiger charge is -2.47. The average Bonchev–Trinajstić information content (AvgIpc) is 2.38. The van der Waals surface area contributed by atoms with E-state index in [0.717, 1.165) is 19.3 Å². The highest BCUT2D eigenvalue weighted by molar-refractivity contribution is 7.86. The minimum atomic E-state index is -3.46. The van der Waals surface area contributed by atoms with Crippen LogP contribution in [0.15, 0.2) is 0 Å². The summed E-state index contributed by atoms with van der Waals surface area (Å²) < 4.78 is 28.8. The number of rotatable bonds is 6. The van der Waals surface area contributed by atoms with Gasteiger partial charge >= 0.3 is 0 Å². The highest BCUT2D eigenvalue weighted by Crippen LogP contribution is 2.38. The molecule has 0 bridgehead atoms. The molecule has 0 heterocycles. The molecule has 120 valence electrons. The van der Waals surface area contributed by atoms with E-state index in [1.807, 2.05) is 20.8 Å². The average molecular weight is 305 g/mol. The maximum Gasteiger partial charge on any atom is 0.282 e. The van der Waals surface area contributed by atoms with Gasteiger partial charge in [0.1, 0.15) is 0 Å². The molecule has 0 spiro atoms. The van der Waals surface area contributed by atoms with E-state index in [9.17, 15) is 8.42 Å². The molecule has 2 atom stereocenters. The molecule has 1 fully saturated rings. The molecule has 0 radical (unpaired) electrons. The number of nitrogens with zero attached hydrogens (tertiary/aromatic N) is 2. The van der Waals surface area contributed by atoms with Crippen molar-refractivity contribution in [3.05, 3.63) is 0 Å². The van der Waals surface area contributed by atoms with Crippen LogP contribution in [0.25, 0.3) is 0 Å². The largest absolute Gasteiger partial charge is 0.329 e. The Labute approximate surface area is 124 Å². The molecule has 1 rings (SSSR count). The lowest BCUT2D eigenvalue weighted by atomic mass is 9.76. The topological polar surface area (TPSA) is 66.6 Å². The van der Waals surface area contributed by atoms with E-state index in [4.69, 9.17) is 5.73 Å². The van der Waals surface area contributed by atoms with Crippen LogP contribution in [0.2, 0.25) is 0 Å². The van der Waals surface area contributed by atoms with Gasteiger partial charge in [0.2, 0.25) is 0 Å². The van der Waals surface area contributed by atoms with E-state index in [1.165, 1.54) is 10.7 Å². The molecular formula is C14H31N3O2S. The number of likely N-dealkylation sites (N-methyl/N-ethyl adjacent to an activating group) is 1. The Hall–Kier alpha value is -0.170. The summed E-state index contributed by atoms with van der Waals surface area (Å²) in [4.78, 5) is 0. The van der Waals surface area contributed by atoms with Crippen LogP contribution in [-0.4, -0.2) is 48.7 Å². The zero-order chi connectivity index (χ0) is 15.6. The Morgan fingerprint density at radius 1 is 1.40 bits per heavy atom. The summed E-state index contributed by atoms with van der Waals surface area (Å²) in [5, 5.41) is 0. The maximum atomic E-state index is 12.9. The van der Waals surface area contributed by atoms with Crippen molar-refractivity contribution in [3.63, 3.8) is 0 Å². The molecule has 0 aromatic heterocycles. The van der Waals surface area contributed by atoms with Crippen LogP contribution in [0.3, 0.4) is 0 Å². The van der Waals surface area contributed by atoms with E-state index in [1.54, 1.807) is 11.4 Å². The Morgan fingerprint density at radius 3 is 2.40 bits per heavy atom. The van der Waals surface area contributed by atoms with Gasteiger partial charge in [-0.05, 0) is 32.6 Å². The number of nitrogens with two attached hydrogens (primary N) is 1. The van der Waals surface area contributed by atoms with Gasteiger partial charge in [-0.25, -0.2) is 0 Å². The predicted molar refractivity (Wildman–Crippen MR) is 83.6 cm³/mol. The summed E-state index contributed by atoms with van der Waals surface area (Å²) in [6.07, 6.45) is 3.95. The van der Waals surface area contributed by atoms with Crippen LogP contribution in [0.5, 0.6) is 0 Å². The van der Waals surface area contributed by atoms with Crippen molar-refractivity contribution in [2.75, 3.05) is 20.1 Å². The third-order valence-corrected chi connectivity index (χ3v) is 6.99. The van der Waals surface area contributed by atoms with Crippen LogP contribution < -0.4 is 5.73 Å². The highest BCUT2D eigenvalue weighted by Gasteiger charge is 2.45. The first-order valence-corrected chi connectivity index (χ1v) is 9.07. The molecule has 1 aliphatic carbocycles. The zero-order valence-electron chi connectivity index (χ0n) is 13.6. The second kappa shape index (κ2) is 6.73. The second-order valence-corrected chi connectivity index (χ2v) is 8.32. The molecule has 5 nitrogen and oxygen atoms in total. The fourth-order valence-corrected chi connectivity index (χ4v) is 5.21. The number of hydrogen-bond acceptors (Lipinski definition) is 3. The first-order valence-electron chi connectivity index (χ1n) is 7.67. The standard InChI is InChI=1S/C14H31N3O2S/c1-6-17(20(18,19)16(5)12(2)3)14(11-15)9-7-8-13(4)10-14/h12-13H,6-11,15H2,1-5H3. The van der Waals surface area contributed by atoms with E-state index in [0.29, 0.717) is 19.0 Å². The van der Waals surface area contributed by atoms with Gasteiger partial charge in [-0.1, -0.05) is 26.7 Å². The molecule has 0 aromatic rings. The maximum absolute atomic E-state index is 12.9.